The molecule has 0 spiro atoms. The highest BCUT2D eigenvalue weighted by Gasteiger charge is 2.05. The maximum atomic E-state index is 11.7. The van der Waals surface area contributed by atoms with Gasteiger partial charge in [-0.25, -0.2) is 4.79 Å². The van der Waals surface area contributed by atoms with Crippen molar-refractivity contribution in [2.45, 2.75) is 6.54 Å². The number of hydrogen-bond donors (Lipinski definition) is 2. The summed E-state index contributed by atoms with van der Waals surface area (Å²) in [6.45, 7) is 0.332. The van der Waals surface area contributed by atoms with Gasteiger partial charge in [0.15, 0.2) is 0 Å². The fourth-order valence-electron chi connectivity index (χ4n) is 1.55. The highest BCUT2D eigenvalue weighted by atomic mass is 79.9. The highest BCUT2D eigenvalue weighted by Crippen LogP contribution is 2.20. The number of nitrogens with one attached hydrogen (secondary N) is 2. The number of carbonyl (C=O) groups is 1. The van der Waals surface area contributed by atoms with Gasteiger partial charge in [-0.1, -0.05) is 45.2 Å². The van der Waals surface area contributed by atoms with Gasteiger partial charge in [0.1, 0.15) is 0 Å². The fraction of sp³-hybridized carbons (Fsp3) is 0.0714. The molecule has 2 amide bonds. The van der Waals surface area contributed by atoms with Gasteiger partial charge in [-0.15, -0.1) is 0 Å². The lowest BCUT2D eigenvalue weighted by Crippen LogP contribution is -2.28. The number of hydrogen-bond acceptors (Lipinski definition) is 1. The molecule has 6 heteroatoms. The van der Waals surface area contributed by atoms with Gasteiger partial charge in [-0.3, -0.25) is 0 Å². The van der Waals surface area contributed by atoms with Gasteiger partial charge >= 0.3 is 6.03 Å². The standard InChI is InChI=1S/C14H11BrCl2N2O/c15-10-2-5-12(6-3-10)19-14(20)18-8-9-1-4-11(16)7-13(9)17/h1-7H,8H2,(H2,18,19,20). The molecule has 0 aliphatic rings. The minimum atomic E-state index is -0.293. The van der Waals surface area contributed by atoms with Gasteiger partial charge in [-0.05, 0) is 42.0 Å². The Balaban J connectivity index is 1.90. The lowest BCUT2D eigenvalue weighted by molar-refractivity contribution is 0.252. The first-order chi connectivity index (χ1) is 9.54. The quantitative estimate of drug-likeness (QED) is 0.773. The molecule has 3 nitrogen and oxygen atoms in total. The third-order valence-electron chi connectivity index (χ3n) is 2.56. The average molecular weight is 374 g/mol. The smallest absolute Gasteiger partial charge is 0.319 e. The lowest BCUT2D eigenvalue weighted by atomic mass is 10.2. The average Bonchev–Trinajstić information content (AvgIpc) is 2.40. The van der Waals surface area contributed by atoms with Gasteiger partial charge in [-0.2, -0.15) is 0 Å². The van der Waals surface area contributed by atoms with Crippen LogP contribution < -0.4 is 10.6 Å². The van der Waals surface area contributed by atoms with E-state index in [4.69, 9.17) is 23.2 Å². The molecule has 0 heterocycles. The third-order valence-corrected chi connectivity index (χ3v) is 3.67. The Morgan fingerprint density at radius 1 is 1.10 bits per heavy atom. The van der Waals surface area contributed by atoms with Crippen LogP contribution in [-0.2, 0) is 6.54 Å². The molecule has 0 aromatic heterocycles. The van der Waals surface area contributed by atoms with Gasteiger partial charge in [0, 0.05) is 26.8 Å². The molecule has 0 fully saturated rings. The molecule has 0 aliphatic carbocycles. The van der Waals surface area contributed by atoms with Crippen molar-refractivity contribution in [1.29, 1.82) is 0 Å². The zero-order valence-electron chi connectivity index (χ0n) is 10.3. The lowest BCUT2D eigenvalue weighted by Gasteiger charge is -2.09. The van der Waals surface area contributed by atoms with Crippen LogP contribution in [0.4, 0.5) is 10.5 Å². The molecule has 0 aliphatic heterocycles. The number of halogens is 3. The highest BCUT2D eigenvalue weighted by molar-refractivity contribution is 9.10. The second-order valence-electron chi connectivity index (χ2n) is 4.05. The summed E-state index contributed by atoms with van der Waals surface area (Å²) in [7, 11) is 0. The van der Waals surface area contributed by atoms with Crippen molar-refractivity contribution in [2.24, 2.45) is 0 Å². The molecule has 0 bridgehead atoms. The molecule has 0 radical (unpaired) electrons. The van der Waals surface area contributed by atoms with Crippen LogP contribution in [0.1, 0.15) is 5.56 Å². The van der Waals surface area contributed by atoms with Crippen molar-refractivity contribution in [3.63, 3.8) is 0 Å². The SMILES string of the molecule is O=C(NCc1ccc(Cl)cc1Cl)Nc1ccc(Br)cc1. The summed E-state index contributed by atoms with van der Waals surface area (Å²) in [6.07, 6.45) is 0. The summed E-state index contributed by atoms with van der Waals surface area (Å²) in [6, 6.07) is 12.2. The number of benzene rings is 2. The van der Waals surface area contributed by atoms with E-state index in [0.29, 0.717) is 22.3 Å². The second-order valence-corrected chi connectivity index (χ2v) is 5.81. The van der Waals surface area contributed by atoms with Crippen LogP contribution in [0.15, 0.2) is 46.9 Å². The summed E-state index contributed by atoms with van der Waals surface area (Å²) >= 11 is 15.2. The minimum Gasteiger partial charge on any atom is -0.334 e. The Morgan fingerprint density at radius 2 is 1.80 bits per heavy atom. The predicted molar refractivity (Wildman–Crippen MR) is 86.5 cm³/mol. The fourth-order valence-corrected chi connectivity index (χ4v) is 2.29. The van der Waals surface area contributed by atoms with E-state index in [2.05, 4.69) is 26.6 Å². The van der Waals surface area contributed by atoms with Crippen LogP contribution in [0.5, 0.6) is 0 Å². The number of amides is 2. The van der Waals surface area contributed by atoms with Crippen molar-refractivity contribution < 1.29 is 4.79 Å². The molecule has 0 atom stereocenters. The molecule has 2 aromatic carbocycles. The van der Waals surface area contributed by atoms with E-state index in [0.717, 1.165) is 10.0 Å². The minimum absolute atomic E-state index is 0.293. The van der Waals surface area contributed by atoms with E-state index < -0.39 is 0 Å². The van der Waals surface area contributed by atoms with Crippen molar-refractivity contribution in [3.8, 4) is 0 Å². The summed E-state index contributed by atoms with van der Waals surface area (Å²) < 4.78 is 0.955. The van der Waals surface area contributed by atoms with Crippen molar-refractivity contribution in [3.05, 3.63) is 62.5 Å². The molecule has 0 saturated carbocycles. The first-order valence-corrected chi connectivity index (χ1v) is 7.34. The molecule has 2 N–H and O–H groups in total. The topological polar surface area (TPSA) is 41.1 Å². The molecule has 0 unspecified atom stereocenters. The van der Waals surface area contributed by atoms with Crippen LogP contribution in [0.25, 0.3) is 0 Å². The van der Waals surface area contributed by atoms with E-state index in [9.17, 15) is 4.79 Å². The molecule has 2 rings (SSSR count). The number of urea groups is 1. The normalized spacial score (nSPS) is 10.2. The van der Waals surface area contributed by atoms with Gasteiger partial charge < -0.3 is 10.6 Å². The second kappa shape index (κ2) is 6.97. The Morgan fingerprint density at radius 3 is 2.45 bits per heavy atom. The maximum Gasteiger partial charge on any atom is 0.319 e. The van der Waals surface area contributed by atoms with Crippen LogP contribution in [0.2, 0.25) is 10.0 Å². The Labute approximate surface area is 135 Å². The summed E-state index contributed by atoms with van der Waals surface area (Å²) in [5.41, 5.74) is 1.52. The predicted octanol–water partition coefficient (Wildman–Crippen LogP) is 5.08. The Hall–Kier alpha value is -1.23. The molecule has 2 aromatic rings. The van der Waals surface area contributed by atoms with Gasteiger partial charge in [0.25, 0.3) is 0 Å². The van der Waals surface area contributed by atoms with Gasteiger partial charge in [0.2, 0.25) is 0 Å². The third kappa shape index (κ3) is 4.40. The first kappa shape index (κ1) is 15.2. The number of anilines is 1. The summed E-state index contributed by atoms with van der Waals surface area (Å²) in [5.74, 6) is 0. The number of rotatable bonds is 3. The zero-order chi connectivity index (χ0) is 14.5. The maximum absolute atomic E-state index is 11.7. The van der Waals surface area contributed by atoms with E-state index in [1.807, 2.05) is 12.1 Å². The Kier molecular flexibility index (Phi) is 5.29. The summed E-state index contributed by atoms with van der Waals surface area (Å²) in [4.78, 5) is 11.7. The molecular formula is C14H11BrCl2N2O. The first-order valence-electron chi connectivity index (χ1n) is 5.79. The van der Waals surface area contributed by atoms with E-state index in [1.54, 1.807) is 30.3 Å². The molecule has 0 saturated heterocycles. The van der Waals surface area contributed by atoms with Crippen LogP contribution >= 0.6 is 39.1 Å². The van der Waals surface area contributed by atoms with Crippen molar-refractivity contribution in [1.82, 2.24) is 5.32 Å². The van der Waals surface area contributed by atoms with Crippen molar-refractivity contribution in [2.75, 3.05) is 5.32 Å². The van der Waals surface area contributed by atoms with E-state index >= 15 is 0 Å². The largest absolute Gasteiger partial charge is 0.334 e. The van der Waals surface area contributed by atoms with Gasteiger partial charge in [0.05, 0.1) is 0 Å². The number of carbonyl (C=O) groups excluding carboxylic acids is 1. The summed E-state index contributed by atoms with van der Waals surface area (Å²) in [5, 5.41) is 6.56. The van der Waals surface area contributed by atoms with E-state index in [-0.39, 0.29) is 6.03 Å². The molecule has 20 heavy (non-hydrogen) atoms. The zero-order valence-corrected chi connectivity index (χ0v) is 13.4. The van der Waals surface area contributed by atoms with Crippen LogP contribution in [0.3, 0.4) is 0 Å². The monoisotopic (exact) mass is 372 g/mol. The van der Waals surface area contributed by atoms with Crippen LogP contribution in [-0.4, -0.2) is 6.03 Å². The van der Waals surface area contributed by atoms with E-state index in [1.165, 1.54) is 0 Å². The molecule has 104 valence electrons. The molecular weight excluding hydrogens is 363 g/mol. The van der Waals surface area contributed by atoms with Crippen molar-refractivity contribution >= 4 is 50.9 Å². The Bertz CT molecular complexity index is 617. The van der Waals surface area contributed by atoms with Crippen LogP contribution in [0, 0.1) is 0 Å².